The first-order chi connectivity index (χ1) is 9.34. The molecule has 2 rings (SSSR count). The normalized spacial score (nSPS) is 10.7. The monoisotopic (exact) mass is 272 g/mol. The van der Waals surface area contributed by atoms with Gasteiger partial charge in [-0.25, -0.2) is 0 Å². The number of hydrogen-bond donors (Lipinski definition) is 1. The Morgan fingerprint density at radius 2 is 1.25 bits per heavy atom. The van der Waals surface area contributed by atoms with E-state index >= 15 is 0 Å². The lowest BCUT2D eigenvalue weighted by molar-refractivity contribution is 1.08. The Bertz CT molecular complexity index is 630. The maximum Gasteiger partial charge on any atom is 0.0700 e. The highest BCUT2D eigenvalue weighted by Gasteiger charge is 2.17. The Kier molecular flexibility index (Phi) is 3.66. The third kappa shape index (κ3) is 2.22. The molecular formula is C16H24N4. The molecule has 0 bridgehead atoms. The van der Waals surface area contributed by atoms with Crippen LogP contribution < -0.4 is 20.4 Å². The fourth-order valence-electron chi connectivity index (χ4n) is 2.68. The van der Waals surface area contributed by atoms with E-state index in [1.165, 1.54) is 22.1 Å². The average Bonchev–Trinajstić information content (AvgIpc) is 2.36. The van der Waals surface area contributed by atoms with Gasteiger partial charge in [0.15, 0.2) is 0 Å². The van der Waals surface area contributed by atoms with E-state index in [9.17, 15) is 0 Å². The van der Waals surface area contributed by atoms with Crippen molar-refractivity contribution >= 4 is 33.5 Å². The van der Waals surface area contributed by atoms with Gasteiger partial charge in [0.1, 0.15) is 0 Å². The molecule has 0 amide bonds. The molecule has 0 atom stereocenters. The summed E-state index contributed by atoms with van der Waals surface area (Å²) in [5.74, 6) is 0. The van der Waals surface area contributed by atoms with Crippen molar-refractivity contribution in [2.24, 2.45) is 0 Å². The van der Waals surface area contributed by atoms with Crippen LogP contribution in [0.15, 0.2) is 24.3 Å². The topological polar surface area (TPSA) is 35.7 Å². The summed E-state index contributed by atoms with van der Waals surface area (Å²) in [7, 11) is 12.3. The van der Waals surface area contributed by atoms with E-state index in [4.69, 9.17) is 5.73 Å². The number of nitrogens with zero attached hydrogens (tertiary/aromatic N) is 3. The van der Waals surface area contributed by atoms with Crippen molar-refractivity contribution in [3.63, 3.8) is 0 Å². The van der Waals surface area contributed by atoms with Crippen molar-refractivity contribution in [1.82, 2.24) is 0 Å². The molecule has 0 aliphatic heterocycles. The summed E-state index contributed by atoms with van der Waals surface area (Å²) in [4.78, 5) is 6.38. The van der Waals surface area contributed by atoms with E-state index in [0.29, 0.717) is 0 Å². The maximum absolute atomic E-state index is 6.21. The van der Waals surface area contributed by atoms with Gasteiger partial charge >= 0.3 is 0 Å². The summed E-state index contributed by atoms with van der Waals surface area (Å²) in [6, 6.07) is 8.38. The quantitative estimate of drug-likeness (QED) is 0.871. The van der Waals surface area contributed by atoms with Crippen LogP contribution in [0.2, 0.25) is 0 Å². The SMILES string of the molecule is CN(C)c1ccc2ccc(N)c(N(C)C)c2c1N(C)C. The van der Waals surface area contributed by atoms with Crippen molar-refractivity contribution in [3.05, 3.63) is 24.3 Å². The summed E-state index contributed by atoms with van der Waals surface area (Å²) in [5.41, 5.74) is 10.5. The number of benzene rings is 2. The smallest absolute Gasteiger partial charge is 0.0700 e. The molecule has 108 valence electrons. The zero-order valence-corrected chi connectivity index (χ0v) is 13.2. The molecule has 4 nitrogen and oxygen atoms in total. The number of anilines is 4. The van der Waals surface area contributed by atoms with Crippen LogP contribution in [-0.4, -0.2) is 42.3 Å². The number of rotatable bonds is 3. The molecule has 0 fully saturated rings. The third-order valence-electron chi connectivity index (χ3n) is 3.52. The minimum atomic E-state index is 0.807. The van der Waals surface area contributed by atoms with E-state index in [1.807, 2.05) is 20.2 Å². The van der Waals surface area contributed by atoms with Gasteiger partial charge < -0.3 is 20.4 Å². The lowest BCUT2D eigenvalue weighted by Crippen LogP contribution is -2.19. The van der Waals surface area contributed by atoms with Crippen LogP contribution in [0.4, 0.5) is 22.7 Å². The lowest BCUT2D eigenvalue weighted by atomic mass is 10.0. The number of hydrogen-bond acceptors (Lipinski definition) is 4. The van der Waals surface area contributed by atoms with Gasteiger partial charge in [-0.2, -0.15) is 0 Å². The van der Waals surface area contributed by atoms with Crippen LogP contribution in [0, 0.1) is 0 Å². The van der Waals surface area contributed by atoms with E-state index in [0.717, 1.165) is 11.4 Å². The van der Waals surface area contributed by atoms with Gasteiger partial charge in [-0.05, 0) is 17.5 Å². The van der Waals surface area contributed by atoms with Crippen LogP contribution in [0.3, 0.4) is 0 Å². The molecule has 0 aliphatic rings. The van der Waals surface area contributed by atoms with Crippen LogP contribution in [0.5, 0.6) is 0 Å². The number of nitrogens with two attached hydrogens (primary N) is 1. The highest BCUT2D eigenvalue weighted by Crippen LogP contribution is 2.42. The van der Waals surface area contributed by atoms with Crippen LogP contribution in [0.25, 0.3) is 10.8 Å². The van der Waals surface area contributed by atoms with Crippen molar-refractivity contribution in [1.29, 1.82) is 0 Å². The molecule has 4 heteroatoms. The Morgan fingerprint density at radius 3 is 1.75 bits per heavy atom. The summed E-state index contributed by atoms with van der Waals surface area (Å²) < 4.78 is 0. The molecule has 0 spiro atoms. The van der Waals surface area contributed by atoms with Gasteiger partial charge in [-0.1, -0.05) is 12.1 Å². The third-order valence-corrected chi connectivity index (χ3v) is 3.52. The second-order valence-electron chi connectivity index (χ2n) is 5.72. The lowest BCUT2D eigenvalue weighted by Gasteiger charge is -2.28. The number of fused-ring (bicyclic) bond motifs is 1. The molecule has 0 saturated heterocycles. The van der Waals surface area contributed by atoms with Crippen molar-refractivity contribution in [2.45, 2.75) is 0 Å². The molecular weight excluding hydrogens is 248 g/mol. The molecule has 0 heterocycles. The Hall–Kier alpha value is -2.10. The zero-order valence-electron chi connectivity index (χ0n) is 13.2. The summed E-state index contributed by atoms with van der Waals surface area (Å²) in [6.07, 6.45) is 0. The van der Waals surface area contributed by atoms with Gasteiger partial charge in [0.05, 0.1) is 22.7 Å². The zero-order chi connectivity index (χ0) is 15.0. The van der Waals surface area contributed by atoms with E-state index in [2.05, 4.69) is 61.1 Å². The average molecular weight is 272 g/mol. The van der Waals surface area contributed by atoms with Crippen LogP contribution in [-0.2, 0) is 0 Å². The summed E-state index contributed by atoms with van der Waals surface area (Å²) in [5, 5.41) is 2.41. The first-order valence-electron chi connectivity index (χ1n) is 6.71. The minimum Gasteiger partial charge on any atom is -0.397 e. The van der Waals surface area contributed by atoms with E-state index in [-0.39, 0.29) is 0 Å². The molecule has 0 aromatic heterocycles. The fourth-order valence-corrected chi connectivity index (χ4v) is 2.68. The second kappa shape index (κ2) is 5.12. The minimum absolute atomic E-state index is 0.807. The predicted molar refractivity (Wildman–Crippen MR) is 91.3 cm³/mol. The second-order valence-corrected chi connectivity index (χ2v) is 5.72. The molecule has 0 aliphatic carbocycles. The Balaban J connectivity index is 2.97. The standard InChI is InChI=1S/C16H24N4/c1-18(2)13-10-8-11-7-9-12(17)15(19(3)4)14(11)16(13)20(5)6/h7-10H,17H2,1-6H3. The molecule has 2 N–H and O–H groups in total. The van der Waals surface area contributed by atoms with Crippen LogP contribution >= 0.6 is 0 Å². The van der Waals surface area contributed by atoms with Gasteiger partial charge in [0.25, 0.3) is 0 Å². The highest BCUT2D eigenvalue weighted by atomic mass is 15.1. The number of nitrogen functional groups attached to an aromatic ring is 1. The predicted octanol–water partition coefficient (Wildman–Crippen LogP) is 2.62. The van der Waals surface area contributed by atoms with Crippen LogP contribution in [0.1, 0.15) is 0 Å². The van der Waals surface area contributed by atoms with Gasteiger partial charge in [0, 0.05) is 47.7 Å². The summed E-state index contributed by atoms with van der Waals surface area (Å²) in [6.45, 7) is 0. The summed E-state index contributed by atoms with van der Waals surface area (Å²) >= 11 is 0. The molecule has 2 aromatic rings. The fraction of sp³-hybridized carbons (Fsp3) is 0.375. The van der Waals surface area contributed by atoms with E-state index < -0.39 is 0 Å². The molecule has 0 unspecified atom stereocenters. The molecule has 2 aromatic carbocycles. The van der Waals surface area contributed by atoms with Crippen molar-refractivity contribution in [2.75, 3.05) is 62.7 Å². The van der Waals surface area contributed by atoms with Gasteiger partial charge in [-0.3, -0.25) is 0 Å². The molecule has 0 saturated carbocycles. The van der Waals surface area contributed by atoms with Crippen molar-refractivity contribution in [3.8, 4) is 0 Å². The van der Waals surface area contributed by atoms with Gasteiger partial charge in [0.2, 0.25) is 0 Å². The first kappa shape index (κ1) is 14.3. The molecule has 20 heavy (non-hydrogen) atoms. The maximum atomic E-state index is 6.21. The Labute approximate surface area is 121 Å². The Morgan fingerprint density at radius 1 is 0.700 bits per heavy atom. The van der Waals surface area contributed by atoms with Crippen molar-refractivity contribution < 1.29 is 0 Å². The van der Waals surface area contributed by atoms with Gasteiger partial charge in [-0.15, -0.1) is 0 Å². The largest absolute Gasteiger partial charge is 0.397 e. The molecule has 0 radical (unpaired) electrons. The van der Waals surface area contributed by atoms with E-state index in [1.54, 1.807) is 0 Å². The first-order valence-corrected chi connectivity index (χ1v) is 6.71. The highest BCUT2D eigenvalue weighted by molar-refractivity contribution is 6.11.